The van der Waals surface area contributed by atoms with E-state index >= 15 is 0 Å². The summed E-state index contributed by atoms with van der Waals surface area (Å²) in [6.45, 7) is 3.37. The number of aryl methyl sites for hydroxylation is 1. The van der Waals surface area contributed by atoms with Crippen LogP contribution in [0.1, 0.15) is 11.1 Å². The van der Waals surface area contributed by atoms with E-state index in [1.807, 2.05) is 43.3 Å². The number of nitrogens with one attached hydrogen (secondary N) is 4. The molecule has 164 valence electrons. The van der Waals surface area contributed by atoms with Gasteiger partial charge in [-0.15, -0.1) is 0 Å². The summed E-state index contributed by atoms with van der Waals surface area (Å²) in [5.74, 6) is -0.367. The molecule has 6 N–H and O–H groups in total. The minimum absolute atomic E-state index is 0.0649. The number of aliphatic imine (C=N–C) groups is 1. The second kappa shape index (κ2) is 7.65. The molecule has 2 aromatic carbocycles. The Hall–Kier alpha value is -3.92. The lowest BCUT2D eigenvalue weighted by Crippen LogP contribution is -2.59. The standard InChI is InChI=1S/C22H23N7O3/c1-12-6-7-13(32-14-9-24-10-14)8-15(12)22(20(23)31)18(25-11-26-22)19(30)29-21-27-16-4-2-3-5-17(16)28-21/h2-8,11,14,18,24H,9-10H2,1H3,(H2,23,31)(H,25,26)(H2,27,28,29,30). The number of hydrogen-bond acceptors (Lipinski definition) is 7. The summed E-state index contributed by atoms with van der Waals surface area (Å²) in [6, 6.07) is 11.7. The molecule has 32 heavy (non-hydrogen) atoms. The number of carbonyl (C=O) groups excluding carboxylic acids is 2. The molecule has 2 unspecified atom stereocenters. The second-order valence-corrected chi connectivity index (χ2v) is 7.96. The third-order valence-electron chi connectivity index (χ3n) is 5.87. The fourth-order valence-electron chi connectivity index (χ4n) is 4.07. The average molecular weight is 433 g/mol. The van der Waals surface area contributed by atoms with Crippen molar-refractivity contribution in [1.29, 1.82) is 0 Å². The predicted molar refractivity (Wildman–Crippen MR) is 119 cm³/mol. The van der Waals surface area contributed by atoms with Gasteiger partial charge in [0.2, 0.25) is 5.95 Å². The summed E-state index contributed by atoms with van der Waals surface area (Å²) in [6.07, 6.45) is 1.41. The van der Waals surface area contributed by atoms with Crippen molar-refractivity contribution < 1.29 is 14.3 Å². The molecule has 0 saturated carbocycles. The van der Waals surface area contributed by atoms with Crippen molar-refractivity contribution in [2.75, 3.05) is 18.4 Å². The molecule has 2 aliphatic heterocycles. The lowest BCUT2D eigenvalue weighted by Gasteiger charge is -2.33. The normalized spacial score (nSPS) is 22.3. The lowest BCUT2D eigenvalue weighted by molar-refractivity contribution is -0.129. The first-order valence-electron chi connectivity index (χ1n) is 10.3. The molecular formula is C22H23N7O3. The van der Waals surface area contributed by atoms with Crippen molar-refractivity contribution in [2.24, 2.45) is 10.7 Å². The quantitative estimate of drug-likeness (QED) is 0.383. The van der Waals surface area contributed by atoms with Gasteiger partial charge in [0, 0.05) is 13.1 Å². The van der Waals surface area contributed by atoms with Gasteiger partial charge in [0.1, 0.15) is 11.9 Å². The zero-order valence-electron chi connectivity index (χ0n) is 17.4. The molecule has 2 atom stereocenters. The van der Waals surface area contributed by atoms with Gasteiger partial charge in [0.25, 0.3) is 11.8 Å². The number of benzene rings is 2. The molecule has 0 aliphatic carbocycles. The number of carbonyl (C=O) groups is 2. The maximum Gasteiger partial charge on any atom is 0.254 e. The molecule has 0 radical (unpaired) electrons. The maximum atomic E-state index is 13.2. The van der Waals surface area contributed by atoms with Crippen LogP contribution in [-0.4, -0.2) is 53.4 Å². The van der Waals surface area contributed by atoms with Crippen LogP contribution in [0.3, 0.4) is 0 Å². The van der Waals surface area contributed by atoms with Crippen LogP contribution in [0.2, 0.25) is 0 Å². The third-order valence-corrected chi connectivity index (χ3v) is 5.87. The van der Waals surface area contributed by atoms with Gasteiger partial charge in [-0.2, -0.15) is 0 Å². The summed E-state index contributed by atoms with van der Waals surface area (Å²) >= 11 is 0. The highest BCUT2D eigenvalue weighted by atomic mass is 16.5. The first-order valence-corrected chi connectivity index (χ1v) is 10.3. The Balaban J connectivity index is 1.48. The topological polar surface area (TPSA) is 147 Å². The predicted octanol–water partition coefficient (Wildman–Crippen LogP) is 0.541. The van der Waals surface area contributed by atoms with Crippen molar-refractivity contribution >= 4 is 35.1 Å². The zero-order valence-corrected chi connectivity index (χ0v) is 17.4. The Kier molecular flexibility index (Phi) is 4.78. The van der Waals surface area contributed by atoms with E-state index in [0.29, 0.717) is 16.8 Å². The molecule has 10 nitrogen and oxygen atoms in total. The van der Waals surface area contributed by atoms with E-state index in [1.165, 1.54) is 6.34 Å². The number of ether oxygens (including phenoxy) is 1. The number of imidazole rings is 1. The van der Waals surface area contributed by atoms with Crippen molar-refractivity contribution in [3.8, 4) is 5.75 Å². The fourth-order valence-corrected chi connectivity index (χ4v) is 4.07. The maximum absolute atomic E-state index is 13.2. The van der Waals surface area contributed by atoms with Gasteiger partial charge in [-0.05, 0) is 42.3 Å². The van der Waals surface area contributed by atoms with Crippen LogP contribution in [0.5, 0.6) is 5.75 Å². The van der Waals surface area contributed by atoms with E-state index in [0.717, 1.165) is 24.2 Å². The van der Waals surface area contributed by atoms with E-state index in [1.54, 1.807) is 6.07 Å². The number of para-hydroxylation sites is 2. The number of aromatic amines is 1. The van der Waals surface area contributed by atoms with E-state index in [4.69, 9.17) is 10.5 Å². The number of primary amides is 1. The minimum atomic E-state index is -1.56. The first kappa shape index (κ1) is 20.0. The number of anilines is 1. The fraction of sp³-hybridized carbons (Fsp3) is 0.273. The van der Waals surface area contributed by atoms with Crippen LogP contribution in [0.25, 0.3) is 11.0 Å². The average Bonchev–Trinajstić information content (AvgIpc) is 3.36. The Morgan fingerprint density at radius 1 is 1.22 bits per heavy atom. The van der Waals surface area contributed by atoms with Crippen molar-refractivity contribution in [3.05, 3.63) is 53.6 Å². The molecule has 3 heterocycles. The largest absolute Gasteiger partial charge is 0.488 e. The number of amides is 2. The Morgan fingerprint density at radius 2 is 2.03 bits per heavy atom. The SMILES string of the molecule is Cc1ccc(OC2CNC2)cc1C1(C(N)=O)NC=NC1C(=O)Nc1nc2ccccc2[nH]1. The Morgan fingerprint density at radius 3 is 2.75 bits per heavy atom. The van der Waals surface area contributed by atoms with Crippen LogP contribution < -0.4 is 26.4 Å². The number of rotatable bonds is 6. The summed E-state index contributed by atoms with van der Waals surface area (Å²) in [7, 11) is 0. The lowest BCUT2D eigenvalue weighted by atomic mass is 9.80. The Bertz CT molecular complexity index is 1200. The van der Waals surface area contributed by atoms with Crippen molar-refractivity contribution in [1.82, 2.24) is 20.6 Å². The van der Waals surface area contributed by atoms with Crippen LogP contribution in [0, 0.1) is 6.92 Å². The monoisotopic (exact) mass is 433 g/mol. The van der Waals surface area contributed by atoms with Crippen LogP contribution in [0.4, 0.5) is 5.95 Å². The number of H-pyrrole nitrogens is 1. The summed E-state index contributed by atoms with van der Waals surface area (Å²) in [5, 5.41) is 8.83. The van der Waals surface area contributed by atoms with Crippen molar-refractivity contribution in [2.45, 2.75) is 24.6 Å². The molecule has 10 heteroatoms. The smallest absolute Gasteiger partial charge is 0.254 e. The highest BCUT2D eigenvalue weighted by molar-refractivity contribution is 6.05. The van der Waals surface area contributed by atoms with Gasteiger partial charge in [-0.3, -0.25) is 19.9 Å². The molecule has 1 aromatic heterocycles. The van der Waals surface area contributed by atoms with E-state index in [2.05, 4.69) is 30.9 Å². The van der Waals surface area contributed by atoms with Gasteiger partial charge in [0.15, 0.2) is 11.6 Å². The van der Waals surface area contributed by atoms with Gasteiger partial charge in [-0.1, -0.05) is 18.2 Å². The van der Waals surface area contributed by atoms with Gasteiger partial charge in [-0.25, -0.2) is 4.98 Å². The first-order chi connectivity index (χ1) is 15.5. The number of nitrogens with zero attached hydrogens (tertiary/aromatic N) is 2. The molecule has 0 bridgehead atoms. The van der Waals surface area contributed by atoms with Crippen LogP contribution in [0.15, 0.2) is 47.5 Å². The van der Waals surface area contributed by atoms with E-state index in [-0.39, 0.29) is 12.1 Å². The number of fused-ring (bicyclic) bond motifs is 1. The van der Waals surface area contributed by atoms with E-state index < -0.39 is 23.4 Å². The summed E-state index contributed by atoms with van der Waals surface area (Å²) in [5.41, 5.74) is 7.12. The van der Waals surface area contributed by atoms with Gasteiger partial charge < -0.3 is 26.1 Å². The second-order valence-electron chi connectivity index (χ2n) is 7.96. The molecule has 1 fully saturated rings. The molecule has 2 aliphatic rings. The summed E-state index contributed by atoms with van der Waals surface area (Å²) in [4.78, 5) is 37.7. The minimum Gasteiger partial charge on any atom is -0.488 e. The molecule has 5 rings (SSSR count). The summed E-state index contributed by atoms with van der Waals surface area (Å²) < 4.78 is 5.96. The molecule has 0 spiro atoms. The van der Waals surface area contributed by atoms with E-state index in [9.17, 15) is 9.59 Å². The van der Waals surface area contributed by atoms with Crippen LogP contribution >= 0.6 is 0 Å². The highest BCUT2D eigenvalue weighted by Gasteiger charge is 2.53. The molecule has 2 amide bonds. The van der Waals surface area contributed by atoms with Crippen LogP contribution in [-0.2, 0) is 15.1 Å². The molecule has 1 saturated heterocycles. The Labute approximate surface area is 183 Å². The molecular weight excluding hydrogens is 410 g/mol. The third kappa shape index (κ3) is 3.25. The highest BCUT2D eigenvalue weighted by Crippen LogP contribution is 2.35. The number of hydrogen-bond donors (Lipinski definition) is 5. The number of nitrogens with two attached hydrogens (primary N) is 1. The molecule has 3 aromatic rings. The number of aromatic nitrogens is 2. The van der Waals surface area contributed by atoms with Crippen molar-refractivity contribution in [3.63, 3.8) is 0 Å². The van der Waals surface area contributed by atoms with Gasteiger partial charge >= 0.3 is 0 Å². The van der Waals surface area contributed by atoms with Gasteiger partial charge in [0.05, 0.1) is 17.4 Å². The zero-order chi connectivity index (χ0) is 22.3.